The van der Waals surface area contributed by atoms with Gasteiger partial charge in [-0.2, -0.15) is 0 Å². The van der Waals surface area contributed by atoms with Gasteiger partial charge in [0.25, 0.3) is 0 Å². The molecule has 0 aliphatic heterocycles. The fourth-order valence-electron chi connectivity index (χ4n) is 1.47. The third-order valence-corrected chi connectivity index (χ3v) is 2.94. The number of hydrogen-bond acceptors (Lipinski definition) is 3. The molecule has 0 radical (unpaired) electrons. The zero-order valence-corrected chi connectivity index (χ0v) is 10.8. The predicted molar refractivity (Wildman–Crippen MR) is 71.8 cm³/mol. The molecule has 1 unspecified atom stereocenters. The van der Waals surface area contributed by atoms with Crippen LogP contribution in [0.3, 0.4) is 0 Å². The summed E-state index contributed by atoms with van der Waals surface area (Å²) in [7, 11) is 0. The van der Waals surface area contributed by atoms with Crippen LogP contribution in [-0.4, -0.2) is 16.6 Å². The largest absolute Gasteiger partial charge is 0.387 e. The lowest BCUT2D eigenvalue weighted by atomic mass is 10.1. The minimum Gasteiger partial charge on any atom is -0.387 e. The maximum atomic E-state index is 9.92. The molecule has 1 aromatic carbocycles. The highest BCUT2D eigenvalue weighted by Crippen LogP contribution is 2.16. The molecule has 2 N–H and O–H groups in total. The SMILES string of the molecule is OC(CNc1ccc(Br)cc1)c1cccnc1. The molecule has 0 amide bonds. The number of aliphatic hydroxyl groups excluding tert-OH is 1. The van der Waals surface area contributed by atoms with E-state index in [0.29, 0.717) is 6.54 Å². The van der Waals surface area contributed by atoms with Crippen molar-refractivity contribution in [1.29, 1.82) is 0 Å². The molecule has 1 atom stereocenters. The maximum absolute atomic E-state index is 9.92. The molecule has 88 valence electrons. The Morgan fingerprint density at radius 1 is 1.24 bits per heavy atom. The first-order valence-corrected chi connectivity index (χ1v) is 6.12. The van der Waals surface area contributed by atoms with Crippen LogP contribution in [0.5, 0.6) is 0 Å². The molecule has 0 spiro atoms. The molecule has 17 heavy (non-hydrogen) atoms. The van der Waals surface area contributed by atoms with Crippen LogP contribution in [0.25, 0.3) is 0 Å². The zero-order chi connectivity index (χ0) is 12.1. The Morgan fingerprint density at radius 3 is 2.65 bits per heavy atom. The lowest BCUT2D eigenvalue weighted by molar-refractivity contribution is 0.191. The molecular formula is C13H13BrN2O. The second-order valence-corrected chi connectivity index (χ2v) is 4.61. The minimum atomic E-state index is -0.549. The first-order valence-electron chi connectivity index (χ1n) is 5.33. The molecule has 1 aromatic heterocycles. The third-order valence-electron chi connectivity index (χ3n) is 2.41. The van der Waals surface area contributed by atoms with Crippen LogP contribution < -0.4 is 5.32 Å². The van der Waals surface area contributed by atoms with Crippen LogP contribution in [0.1, 0.15) is 11.7 Å². The Hall–Kier alpha value is -1.39. The molecule has 0 fully saturated rings. The average Bonchev–Trinajstić information content (AvgIpc) is 2.39. The lowest BCUT2D eigenvalue weighted by Gasteiger charge is -2.12. The smallest absolute Gasteiger partial charge is 0.0977 e. The quantitative estimate of drug-likeness (QED) is 0.911. The zero-order valence-electron chi connectivity index (χ0n) is 9.18. The molecule has 0 aliphatic rings. The van der Waals surface area contributed by atoms with Crippen molar-refractivity contribution < 1.29 is 5.11 Å². The van der Waals surface area contributed by atoms with Crippen molar-refractivity contribution >= 4 is 21.6 Å². The van der Waals surface area contributed by atoms with Crippen molar-refractivity contribution in [3.05, 3.63) is 58.8 Å². The number of anilines is 1. The maximum Gasteiger partial charge on any atom is 0.0977 e. The molecule has 0 bridgehead atoms. The molecule has 2 aromatic rings. The van der Waals surface area contributed by atoms with Crippen molar-refractivity contribution in [2.45, 2.75) is 6.10 Å². The second kappa shape index (κ2) is 5.80. The standard InChI is InChI=1S/C13H13BrN2O/c14-11-3-5-12(6-4-11)16-9-13(17)10-2-1-7-15-8-10/h1-8,13,16-17H,9H2. The van der Waals surface area contributed by atoms with Crippen molar-refractivity contribution in [2.75, 3.05) is 11.9 Å². The van der Waals surface area contributed by atoms with Crippen molar-refractivity contribution in [2.24, 2.45) is 0 Å². The number of nitrogens with zero attached hydrogens (tertiary/aromatic N) is 1. The van der Waals surface area contributed by atoms with E-state index in [1.54, 1.807) is 12.4 Å². The van der Waals surface area contributed by atoms with Gasteiger partial charge in [0.15, 0.2) is 0 Å². The Kier molecular flexibility index (Phi) is 4.12. The fourth-order valence-corrected chi connectivity index (χ4v) is 1.74. The lowest BCUT2D eigenvalue weighted by Crippen LogP contribution is -2.12. The topological polar surface area (TPSA) is 45.1 Å². The first kappa shape index (κ1) is 12.1. The van der Waals surface area contributed by atoms with Crippen molar-refractivity contribution in [3.63, 3.8) is 0 Å². The van der Waals surface area contributed by atoms with Gasteiger partial charge in [0, 0.05) is 34.7 Å². The summed E-state index contributed by atoms with van der Waals surface area (Å²) < 4.78 is 1.04. The summed E-state index contributed by atoms with van der Waals surface area (Å²) in [5.74, 6) is 0. The highest BCUT2D eigenvalue weighted by molar-refractivity contribution is 9.10. The van der Waals surface area contributed by atoms with E-state index in [4.69, 9.17) is 0 Å². The van der Waals surface area contributed by atoms with Crippen LogP contribution in [0.2, 0.25) is 0 Å². The van der Waals surface area contributed by atoms with Crippen LogP contribution in [0.4, 0.5) is 5.69 Å². The Bertz CT molecular complexity index is 459. The van der Waals surface area contributed by atoms with Crippen molar-refractivity contribution in [3.8, 4) is 0 Å². The van der Waals surface area contributed by atoms with E-state index in [-0.39, 0.29) is 0 Å². The van der Waals surface area contributed by atoms with Gasteiger partial charge in [0.1, 0.15) is 0 Å². The summed E-state index contributed by atoms with van der Waals surface area (Å²) in [4.78, 5) is 3.98. The number of rotatable bonds is 4. The number of benzene rings is 1. The highest BCUT2D eigenvalue weighted by Gasteiger charge is 2.06. The summed E-state index contributed by atoms with van der Waals surface area (Å²) in [6.07, 6.45) is 2.82. The average molecular weight is 293 g/mol. The van der Waals surface area contributed by atoms with Crippen molar-refractivity contribution in [1.82, 2.24) is 4.98 Å². The minimum absolute atomic E-state index is 0.466. The Morgan fingerprint density at radius 2 is 2.00 bits per heavy atom. The van der Waals surface area contributed by atoms with Gasteiger partial charge in [-0.25, -0.2) is 0 Å². The molecule has 4 heteroatoms. The van der Waals surface area contributed by atoms with E-state index in [1.165, 1.54) is 0 Å². The van der Waals surface area contributed by atoms with E-state index < -0.39 is 6.10 Å². The van der Waals surface area contributed by atoms with Gasteiger partial charge in [0.2, 0.25) is 0 Å². The Balaban J connectivity index is 1.92. The van der Waals surface area contributed by atoms with E-state index in [0.717, 1.165) is 15.7 Å². The van der Waals surface area contributed by atoms with Gasteiger partial charge in [-0.15, -0.1) is 0 Å². The van der Waals surface area contributed by atoms with Gasteiger partial charge < -0.3 is 10.4 Å². The summed E-state index contributed by atoms with van der Waals surface area (Å²) >= 11 is 3.38. The number of pyridine rings is 1. The fraction of sp³-hybridized carbons (Fsp3) is 0.154. The van der Waals surface area contributed by atoms with Gasteiger partial charge in [-0.05, 0) is 30.3 Å². The number of nitrogens with one attached hydrogen (secondary N) is 1. The summed E-state index contributed by atoms with van der Waals surface area (Å²) in [5, 5.41) is 13.1. The number of halogens is 1. The van der Waals surface area contributed by atoms with Gasteiger partial charge in [-0.1, -0.05) is 22.0 Å². The number of aromatic nitrogens is 1. The molecule has 0 saturated carbocycles. The van der Waals surface area contributed by atoms with Gasteiger partial charge in [0.05, 0.1) is 6.10 Å². The van der Waals surface area contributed by atoms with Crippen LogP contribution in [0.15, 0.2) is 53.3 Å². The summed E-state index contributed by atoms with van der Waals surface area (Å²) in [6.45, 7) is 0.466. The second-order valence-electron chi connectivity index (χ2n) is 3.69. The number of aliphatic hydroxyl groups is 1. The Labute approximate surface area is 109 Å². The van der Waals surface area contributed by atoms with E-state index in [2.05, 4.69) is 26.2 Å². The van der Waals surface area contributed by atoms with Crippen LogP contribution in [0, 0.1) is 0 Å². The molecule has 3 nitrogen and oxygen atoms in total. The third kappa shape index (κ3) is 3.54. The van der Waals surface area contributed by atoms with E-state index in [1.807, 2.05) is 36.4 Å². The highest BCUT2D eigenvalue weighted by atomic mass is 79.9. The normalized spacial score (nSPS) is 12.1. The van der Waals surface area contributed by atoms with Crippen LogP contribution >= 0.6 is 15.9 Å². The van der Waals surface area contributed by atoms with Crippen LogP contribution in [-0.2, 0) is 0 Å². The number of hydrogen-bond donors (Lipinski definition) is 2. The molecule has 2 rings (SSSR count). The predicted octanol–water partition coefficient (Wildman–Crippen LogP) is 2.99. The van der Waals surface area contributed by atoms with Gasteiger partial charge >= 0.3 is 0 Å². The summed E-state index contributed by atoms with van der Waals surface area (Å²) in [6, 6.07) is 11.5. The summed E-state index contributed by atoms with van der Waals surface area (Å²) in [5.41, 5.74) is 1.80. The molecule has 0 aliphatic carbocycles. The van der Waals surface area contributed by atoms with E-state index in [9.17, 15) is 5.11 Å². The first-order chi connectivity index (χ1) is 8.25. The molecular weight excluding hydrogens is 280 g/mol. The molecule has 1 heterocycles. The van der Waals surface area contributed by atoms with E-state index >= 15 is 0 Å². The monoisotopic (exact) mass is 292 g/mol. The van der Waals surface area contributed by atoms with Gasteiger partial charge in [-0.3, -0.25) is 4.98 Å². The molecule has 0 saturated heterocycles.